The Morgan fingerprint density at radius 2 is 2.53 bits per heavy atom. The summed E-state index contributed by atoms with van der Waals surface area (Å²) in [5, 5.41) is 6.39. The van der Waals surface area contributed by atoms with Crippen LogP contribution in [0.1, 0.15) is 26.2 Å². The van der Waals surface area contributed by atoms with E-state index >= 15 is 0 Å². The van der Waals surface area contributed by atoms with Crippen LogP contribution in [0.5, 0.6) is 0 Å². The van der Waals surface area contributed by atoms with Crippen LogP contribution in [0.3, 0.4) is 0 Å². The average Bonchev–Trinajstić information content (AvgIpc) is 2.39. The summed E-state index contributed by atoms with van der Waals surface area (Å²) in [5.41, 5.74) is 0. The van der Waals surface area contributed by atoms with Crippen LogP contribution in [-0.4, -0.2) is 29.0 Å². The number of amides is 1. The van der Waals surface area contributed by atoms with Gasteiger partial charge in [0.25, 0.3) is 0 Å². The first-order valence-electron chi connectivity index (χ1n) is 6.64. The molecule has 1 aliphatic heterocycles. The van der Waals surface area contributed by atoms with Gasteiger partial charge in [0.2, 0.25) is 11.9 Å². The third-order valence-corrected chi connectivity index (χ3v) is 3.73. The van der Waals surface area contributed by atoms with Crippen molar-refractivity contribution in [3.63, 3.8) is 0 Å². The first-order chi connectivity index (χ1) is 9.15. The predicted octanol–water partition coefficient (Wildman–Crippen LogP) is 2.09. The zero-order chi connectivity index (χ0) is 13.7. The van der Waals surface area contributed by atoms with Crippen molar-refractivity contribution in [2.24, 2.45) is 11.8 Å². The molecule has 1 aromatic heterocycles. The summed E-state index contributed by atoms with van der Waals surface area (Å²) in [6, 6.07) is 1.58. The Hall–Kier alpha value is -1.20. The maximum atomic E-state index is 11.9. The van der Waals surface area contributed by atoms with Crippen LogP contribution < -0.4 is 10.6 Å². The molecule has 19 heavy (non-hydrogen) atoms. The lowest BCUT2D eigenvalue weighted by molar-refractivity contribution is -0.117. The fourth-order valence-electron chi connectivity index (χ4n) is 2.40. The van der Waals surface area contributed by atoms with E-state index in [0.717, 1.165) is 13.1 Å². The van der Waals surface area contributed by atoms with Gasteiger partial charge in [-0.25, -0.2) is 9.97 Å². The lowest BCUT2D eigenvalue weighted by Crippen LogP contribution is -2.34. The minimum atomic E-state index is -0.0552. The monoisotopic (exact) mass is 282 g/mol. The van der Waals surface area contributed by atoms with Gasteiger partial charge in [-0.05, 0) is 43.8 Å². The number of carbonyl (C=O) groups excluding carboxylic acids is 1. The van der Waals surface area contributed by atoms with E-state index in [1.54, 1.807) is 6.07 Å². The quantitative estimate of drug-likeness (QED) is 0.830. The second-order valence-electron chi connectivity index (χ2n) is 5.04. The Balaban J connectivity index is 1.83. The Kier molecular flexibility index (Phi) is 5.10. The molecule has 0 aromatic carbocycles. The van der Waals surface area contributed by atoms with Crippen molar-refractivity contribution in [3.8, 4) is 0 Å². The first-order valence-corrected chi connectivity index (χ1v) is 7.02. The van der Waals surface area contributed by atoms with E-state index in [-0.39, 0.29) is 11.9 Å². The summed E-state index contributed by atoms with van der Waals surface area (Å²) in [6.07, 6.45) is 4.39. The number of nitrogens with zero attached hydrogens (tertiary/aromatic N) is 2. The van der Waals surface area contributed by atoms with Crippen molar-refractivity contribution in [3.05, 3.63) is 17.4 Å². The molecule has 1 amide bonds. The van der Waals surface area contributed by atoms with E-state index in [2.05, 4.69) is 27.5 Å². The van der Waals surface area contributed by atoms with E-state index in [1.807, 2.05) is 0 Å². The number of piperidine rings is 1. The number of carbonyl (C=O) groups is 1. The molecule has 104 valence electrons. The molecule has 0 aliphatic carbocycles. The van der Waals surface area contributed by atoms with Gasteiger partial charge in [0.1, 0.15) is 5.15 Å². The van der Waals surface area contributed by atoms with Gasteiger partial charge >= 0.3 is 0 Å². The molecule has 2 heterocycles. The minimum absolute atomic E-state index is 0.0552. The number of hydrogen-bond donors (Lipinski definition) is 2. The number of anilines is 1. The summed E-state index contributed by atoms with van der Waals surface area (Å²) < 4.78 is 0. The second kappa shape index (κ2) is 6.82. The van der Waals surface area contributed by atoms with Crippen molar-refractivity contribution < 1.29 is 4.79 Å². The number of aromatic nitrogens is 2. The third kappa shape index (κ3) is 4.44. The molecular formula is C13H19ClN4O. The second-order valence-corrected chi connectivity index (χ2v) is 5.43. The highest BCUT2D eigenvalue weighted by Gasteiger charge is 2.22. The summed E-state index contributed by atoms with van der Waals surface area (Å²) in [5.74, 6) is 1.14. The number of halogens is 1. The van der Waals surface area contributed by atoms with Crippen LogP contribution in [0.4, 0.5) is 5.95 Å². The van der Waals surface area contributed by atoms with E-state index < -0.39 is 0 Å². The molecule has 1 aliphatic rings. The Morgan fingerprint density at radius 1 is 1.68 bits per heavy atom. The molecule has 1 aromatic rings. The maximum Gasteiger partial charge on any atom is 0.230 e. The molecule has 0 bridgehead atoms. The molecule has 2 N–H and O–H groups in total. The van der Waals surface area contributed by atoms with Gasteiger partial charge in [-0.3, -0.25) is 10.1 Å². The van der Waals surface area contributed by atoms with Crippen molar-refractivity contribution in [2.45, 2.75) is 26.2 Å². The third-order valence-electron chi connectivity index (χ3n) is 3.52. The van der Waals surface area contributed by atoms with Crippen molar-refractivity contribution in [1.82, 2.24) is 15.3 Å². The summed E-state index contributed by atoms with van der Waals surface area (Å²) in [4.78, 5) is 19.8. The molecule has 0 radical (unpaired) electrons. The highest BCUT2D eigenvalue weighted by molar-refractivity contribution is 6.29. The Labute approximate surface area is 118 Å². The van der Waals surface area contributed by atoms with Gasteiger partial charge in [0, 0.05) is 12.6 Å². The minimum Gasteiger partial charge on any atom is -0.316 e. The Bertz CT molecular complexity index is 434. The van der Waals surface area contributed by atoms with Crippen molar-refractivity contribution in [2.75, 3.05) is 18.4 Å². The molecule has 2 atom stereocenters. The van der Waals surface area contributed by atoms with E-state index in [9.17, 15) is 4.79 Å². The molecule has 1 fully saturated rings. The lowest BCUT2D eigenvalue weighted by Gasteiger charge is -2.27. The van der Waals surface area contributed by atoms with E-state index in [1.165, 1.54) is 19.0 Å². The van der Waals surface area contributed by atoms with Crippen LogP contribution in [-0.2, 0) is 4.79 Å². The Morgan fingerprint density at radius 3 is 3.21 bits per heavy atom. The largest absolute Gasteiger partial charge is 0.316 e. The maximum absolute atomic E-state index is 11.9. The number of rotatable bonds is 4. The number of hydrogen-bond acceptors (Lipinski definition) is 4. The molecule has 0 saturated carbocycles. The summed E-state index contributed by atoms with van der Waals surface area (Å²) in [7, 11) is 0. The van der Waals surface area contributed by atoms with Crippen molar-refractivity contribution >= 4 is 23.5 Å². The SMILES string of the molecule is CC(CC(=O)Nc1nccc(Cl)n1)C1CCCNC1. The van der Waals surface area contributed by atoms with Gasteiger partial charge in [-0.15, -0.1) is 0 Å². The smallest absolute Gasteiger partial charge is 0.230 e. The van der Waals surface area contributed by atoms with Crippen molar-refractivity contribution in [1.29, 1.82) is 0 Å². The molecular weight excluding hydrogens is 264 g/mol. The van der Waals surface area contributed by atoms with E-state index in [0.29, 0.717) is 23.4 Å². The normalized spacial score (nSPS) is 20.8. The van der Waals surface area contributed by atoms with Crippen LogP contribution in [0, 0.1) is 11.8 Å². The molecule has 5 nitrogen and oxygen atoms in total. The fourth-order valence-corrected chi connectivity index (χ4v) is 2.53. The molecule has 1 saturated heterocycles. The van der Waals surface area contributed by atoms with E-state index in [4.69, 9.17) is 11.6 Å². The van der Waals surface area contributed by atoms with Gasteiger partial charge in [-0.2, -0.15) is 0 Å². The topological polar surface area (TPSA) is 66.9 Å². The predicted molar refractivity (Wildman–Crippen MR) is 75.0 cm³/mol. The summed E-state index contributed by atoms with van der Waals surface area (Å²) >= 11 is 5.75. The molecule has 0 spiro atoms. The highest BCUT2D eigenvalue weighted by Crippen LogP contribution is 2.22. The van der Waals surface area contributed by atoms with Crippen LogP contribution in [0.2, 0.25) is 5.15 Å². The summed E-state index contributed by atoms with van der Waals surface area (Å²) in [6.45, 7) is 4.21. The molecule has 6 heteroatoms. The standard InChI is InChI=1S/C13H19ClN4O/c1-9(10-3-2-5-15-8-10)7-12(19)18-13-16-6-4-11(14)17-13/h4,6,9-10,15H,2-3,5,7-8H2,1H3,(H,16,17,18,19). The van der Waals surface area contributed by atoms with Crippen LogP contribution in [0.15, 0.2) is 12.3 Å². The lowest BCUT2D eigenvalue weighted by atomic mass is 9.85. The molecule has 2 rings (SSSR count). The zero-order valence-electron chi connectivity index (χ0n) is 11.0. The zero-order valence-corrected chi connectivity index (χ0v) is 11.8. The number of nitrogens with one attached hydrogen (secondary N) is 2. The fraction of sp³-hybridized carbons (Fsp3) is 0.615. The highest BCUT2D eigenvalue weighted by atomic mass is 35.5. The van der Waals surface area contributed by atoms with Gasteiger partial charge in [0.05, 0.1) is 0 Å². The van der Waals surface area contributed by atoms with Gasteiger partial charge in [0.15, 0.2) is 0 Å². The average molecular weight is 283 g/mol. The van der Waals surface area contributed by atoms with Gasteiger partial charge in [-0.1, -0.05) is 18.5 Å². The first kappa shape index (κ1) is 14.2. The van der Waals surface area contributed by atoms with Crippen LogP contribution in [0.25, 0.3) is 0 Å². The van der Waals surface area contributed by atoms with Gasteiger partial charge < -0.3 is 5.32 Å². The molecule has 2 unspecified atom stereocenters. The van der Waals surface area contributed by atoms with Crippen LogP contribution >= 0.6 is 11.6 Å².